The lowest BCUT2D eigenvalue weighted by atomic mass is 10.0. The second-order valence-corrected chi connectivity index (χ2v) is 5.95. The number of nitrogens with zero attached hydrogens (tertiary/aromatic N) is 2. The van der Waals surface area contributed by atoms with Crippen LogP contribution in [0.4, 0.5) is 10.1 Å². The van der Waals surface area contributed by atoms with Crippen LogP contribution in [-0.4, -0.2) is 36.4 Å². The van der Waals surface area contributed by atoms with E-state index in [0.717, 1.165) is 5.56 Å². The third kappa shape index (κ3) is 4.39. The SMILES string of the molecule is Cc1c(C(=O)NC[C@@H](c2cccc(F)c2)N(C)C)cccc1[N+](=O)[O-]. The predicted octanol–water partition coefficient (Wildman–Crippen LogP) is 3.08. The summed E-state index contributed by atoms with van der Waals surface area (Å²) in [6.45, 7) is 1.79. The van der Waals surface area contributed by atoms with Gasteiger partial charge in [0.15, 0.2) is 0 Å². The van der Waals surface area contributed by atoms with E-state index in [2.05, 4.69) is 5.32 Å². The van der Waals surface area contributed by atoms with Gasteiger partial charge in [0.2, 0.25) is 0 Å². The predicted molar refractivity (Wildman–Crippen MR) is 93.0 cm³/mol. The second-order valence-electron chi connectivity index (χ2n) is 5.95. The fraction of sp³-hybridized carbons (Fsp3) is 0.278. The van der Waals surface area contributed by atoms with E-state index in [1.54, 1.807) is 25.1 Å². The van der Waals surface area contributed by atoms with Crippen molar-refractivity contribution in [1.82, 2.24) is 10.2 Å². The molecule has 0 spiro atoms. The number of benzene rings is 2. The molecule has 0 unspecified atom stereocenters. The van der Waals surface area contributed by atoms with E-state index in [-0.39, 0.29) is 29.7 Å². The molecule has 0 saturated heterocycles. The van der Waals surface area contributed by atoms with E-state index in [4.69, 9.17) is 0 Å². The Kier molecular flexibility index (Phi) is 5.82. The van der Waals surface area contributed by atoms with Gasteiger partial charge in [0, 0.05) is 23.7 Å². The van der Waals surface area contributed by atoms with E-state index in [9.17, 15) is 19.3 Å². The molecule has 132 valence electrons. The Labute approximate surface area is 145 Å². The summed E-state index contributed by atoms with van der Waals surface area (Å²) in [5.74, 6) is -0.741. The van der Waals surface area contributed by atoms with Gasteiger partial charge in [-0.15, -0.1) is 0 Å². The van der Waals surface area contributed by atoms with Gasteiger partial charge in [0.25, 0.3) is 11.6 Å². The lowest BCUT2D eigenvalue weighted by Crippen LogP contribution is -2.34. The number of nitrogens with one attached hydrogen (secondary N) is 1. The molecule has 2 rings (SSSR count). The smallest absolute Gasteiger partial charge is 0.273 e. The van der Waals surface area contributed by atoms with Gasteiger partial charge in [0.1, 0.15) is 5.82 Å². The molecule has 0 aliphatic heterocycles. The van der Waals surface area contributed by atoms with E-state index in [1.807, 2.05) is 19.0 Å². The number of hydrogen-bond donors (Lipinski definition) is 1. The summed E-state index contributed by atoms with van der Waals surface area (Å²) in [5.41, 5.74) is 1.21. The Balaban J connectivity index is 2.17. The minimum Gasteiger partial charge on any atom is -0.350 e. The van der Waals surface area contributed by atoms with Crippen LogP contribution in [0.15, 0.2) is 42.5 Å². The first kappa shape index (κ1) is 18.5. The zero-order chi connectivity index (χ0) is 18.6. The van der Waals surface area contributed by atoms with Gasteiger partial charge >= 0.3 is 0 Å². The molecule has 0 aliphatic carbocycles. The van der Waals surface area contributed by atoms with E-state index >= 15 is 0 Å². The third-order valence-electron chi connectivity index (χ3n) is 4.06. The normalized spacial score (nSPS) is 12.0. The molecule has 2 aromatic rings. The summed E-state index contributed by atoms with van der Waals surface area (Å²) >= 11 is 0. The fourth-order valence-corrected chi connectivity index (χ4v) is 2.66. The van der Waals surface area contributed by atoms with Gasteiger partial charge in [0.05, 0.1) is 11.0 Å². The maximum Gasteiger partial charge on any atom is 0.273 e. The highest BCUT2D eigenvalue weighted by atomic mass is 19.1. The quantitative estimate of drug-likeness (QED) is 0.645. The first-order valence-corrected chi connectivity index (χ1v) is 7.75. The highest BCUT2D eigenvalue weighted by molar-refractivity contribution is 5.96. The molecule has 0 aliphatic rings. The van der Waals surface area contributed by atoms with Crippen molar-refractivity contribution in [3.8, 4) is 0 Å². The van der Waals surface area contributed by atoms with Gasteiger partial charge in [-0.2, -0.15) is 0 Å². The van der Waals surface area contributed by atoms with Crippen molar-refractivity contribution in [2.45, 2.75) is 13.0 Å². The molecule has 0 aromatic heterocycles. The summed E-state index contributed by atoms with van der Waals surface area (Å²) in [7, 11) is 3.67. The molecule has 0 heterocycles. The van der Waals surface area contributed by atoms with Gasteiger partial charge < -0.3 is 10.2 Å². The van der Waals surface area contributed by atoms with Crippen LogP contribution >= 0.6 is 0 Å². The standard InChI is InChI=1S/C18H20FN3O3/c1-12-15(8-5-9-16(12)22(24)25)18(23)20-11-17(21(2)3)13-6-4-7-14(19)10-13/h4-10,17H,11H2,1-3H3,(H,20,23)/t17-/m0/s1. The van der Waals surface area contributed by atoms with Crippen LogP contribution in [-0.2, 0) is 0 Å². The van der Waals surface area contributed by atoms with Gasteiger partial charge in [-0.3, -0.25) is 14.9 Å². The van der Waals surface area contributed by atoms with Crippen molar-refractivity contribution in [2.75, 3.05) is 20.6 Å². The molecule has 25 heavy (non-hydrogen) atoms. The minimum absolute atomic E-state index is 0.0954. The number of rotatable bonds is 6. The Morgan fingerprint density at radius 3 is 2.56 bits per heavy atom. The first-order valence-electron chi connectivity index (χ1n) is 7.75. The monoisotopic (exact) mass is 345 g/mol. The van der Waals surface area contributed by atoms with Crippen LogP contribution < -0.4 is 5.32 Å². The minimum atomic E-state index is -0.512. The van der Waals surface area contributed by atoms with E-state index < -0.39 is 10.8 Å². The molecule has 1 atom stereocenters. The van der Waals surface area contributed by atoms with Gasteiger partial charge in [-0.1, -0.05) is 18.2 Å². The van der Waals surface area contributed by atoms with Crippen LogP contribution in [0.3, 0.4) is 0 Å². The van der Waals surface area contributed by atoms with Crippen LogP contribution in [0.1, 0.15) is 27.5 Å². The van der Waals surface area contributed by atoms with Crippen LogP contribution in [0, 0.1) is 22.9 Å². The molecule has 0 bridgehead atoms. The van der Waals surface area contributed by atoms with Crippen molar-refractivity contribution in [2.24, 2.45) is 0 Å². The average Bonchev–Trinajstić information content (AvgIpc) is 2.54. The molecule has 0 radical (unpaired) electrons. The zero-order valence-corrected chi connectivity index (χ0v) is 14.3. The Morgan fingerprint density at radius 2 is 1.96 bits per heavy atom. The lowest BCUT2D eigenvalue weighted by Gasteiger charge is -2.25. The van der Waals surface area contributed by atoms with Crippen LogP contribution in [0.2, 0.25) is 0 Å². The molecule has 7 heteroatoms. The van der Waals surface area contributed by atoms with Crippen LogP contribution in [0.5, 0.6) is 0 Å². The number of nitro groups is 1. The molecule has 6 nitrogen and oxygen atoms in total. The summed E-state index contributed by atoms with van der Waals surface area (Å²) in [4.78, 5) is 24.8. The average molecular weight is 345 g/mol. The molecule has 1 amide bonds. The Hall–Kier alpha value is -2.80. The largest absolute Gasteiger partial charge is 0.350 e. The maximum atomic E-state index is 13.5. The highest BCUT2D eigenvalue weighted by Crippen LogP contribution is 2.22. The van der Waals surface area contributed by atoms with Crippen molar-refractivity contribution in [3.05, 3.63) is 75.1 Å². The summed E-state index contributed by atoms with van der Waals surface area (Å²) in [6, 6.07) is 10.4. The zero-order valence-electron chi connectivity index (χ0n) is 14.3. The lowest BCUT2D eigenvalue weighted by molar-refractivity contribution is -0.385. The third-order valence-corrected chi connectivity index (χ3v) is 4.06. The number of hydrogen-bond acceptors (Lipinski definition) is 4. The van der Waals surface area contributed by atoms with Crippen molar-refractivity contribution >= 4 is 11.6 Å². The molecular weight excluding hydrogens is 325 g/mol. The number of halogens is 1. The Morgan fingerprint density at radius 1 is 1.28 bits per heavy atom. The number of likely N-dealkylation sites (N-methyl/N-ethyl adjacent to an activating group) is 1. The van der Waals surface area contributed by atoms with E-state index in [0.29, 0.717) is 5.56 Å². The molecule has 0 fully saturated rings. The van der Waals surface area contributed by atoms with Crippen LogP contribution in [0.25, 0.3) is 0 Å². The van der Waals surface area contributed by atoms with Crippen molar-refractivity contribution in [1.29, 1.82) is 0 Å². The van der Waals surface area contributed by atoms with E-state index in [1.165, 1.54) is 24.3 Å². The molecule has 1 N–H and O–H groups in total. The van der Waals surface area contributed by atoms with Gasteiger partial charge in [-0.05, 0) is 44.8 Å². The highest BCUT2D eigenvalue weighted by Gasteiger charge is 2.20. The number of carbonyl (C=O) groups is 1. The maximum absolute atomic E-state index is 13.5. The van der Waals surface area contributed by atoms with Crippen molar-refractivity contribution < 1.29 is 14.1 Å². The topological polar surface area (TPSA) is 75.5 Å². The molecule has 0 saturated carbocycles. The first-order chi connectivity index (χ1) is 11.8. The molecular formula is C18H20FN3O3. The summed E-state index contributed by atoms with van der Waals surface area (Å²) in [5, 5.41) is 13.8. The summed E-state index contributed by atoms with van der Waals surface area (Å²) in [6.07, 6.45) is 0. The number of nitro benzene ring substituents is 1. The fourth-order valence-electron chi connectivity index (χ4n) is 2.66. The molecule has 2 aromatic carbocycles. The summed E-state index contributed by atoms with van der Waals surface area (Å²) < 4.78 is 13.5. The number of carbonyl (C=O) groups excluding carboxylic acids is 1. The Bertz CT molecular complexity index is 793. The van der Waals surface area contributed by atoms with Gasteiger partial charge in [-0.25, -0.2) is 4.39 Å². The second kappa shape index (κ2) is 7.85. The number of amides is 1. The van der Waals surface area contributed by atoms with Crippen molar-refractivity contribution in [3.63, 3.8) is 0 Å².